The van der Waals surface area contributed by atoms with Gasteiger partial charge in [0.1, 0.15) is 5.60 Å². The first-order valence-electron chi connectivity index (χ1n) is 7.15. The van der Waals surface area contributed by atoms with Gasteiger partial charge in [-0.15, -0.1) is 0 Å². The molecule has 0 saturated carbocycles. The molecule has 0 aliphatic carbocycles. The number of hydrogen-bond acceptors (Lipinski definition) is 3. The van der Waals surface area contributed by atoms with Crippen LogP contribution in [0.4, 0.5) is 4.79 Å². The molecule has 0 atom stereocenters. The lowest BCUT2D eigenvalue weighted by Crippen LogP contribution is -2.52. The molecular formula is C16H22N2O2S. The highest BCUT2D eigenvalue weighted by molar-refractivity contribution is 7.80. The van der Waals surface area contributed by atoms with E-state index in [1.807, 2.05) is 39.0 Å². The minimum atomic E-state index is -0.472. The lowest BCUT2D eigenvalue weighted by molar-refractivity contribution is 0.0244. The number of rotatable bonds is 2. The third kappa shape index (κ3) is 4.70. The number of carbonyl (C=O) groups excluding carboxylic acids is 1. The van der Waals surface area contributed by atoms with Gasteiger partial charge in [-0.2, -0.15) is 0 Å². The highest BCUT2D eigenvalue weighted by atomic mass is 32.1. The molecule has 1 fully saturated rings. The molecule has 5 heteroatoms. The van der Waals surface area contributed by atoms with Gasteiger partial charge in [-0.05, 0) is 26.3 Å². The number of carbonyl (C=O) groups is 1. The van der Waals surface area contributed by atoms with Crippen molar-refractivity contribution in [2.45, 2.75) is 32.9 Å². The average Bonchev–Trinajstić information content (AvgIpc) is 2.40. The number of benzene rings is 1. The molecule has 1 amide bonds. The minimum Gasteiger partial charge on any atom is -0.444 e. The predicted molar refractivity (Wildman–Crippen MR) is 87.3 cm³/mol. The summed E-state index contributed by atoms with van der Waals surface area (Å²) in [6.07, 6.45) is -0.288. The molecular weight excluding hydrogens is 284 g/mol. The van der Waals surface area contributed by atoms with Gasteiger partial charge in [-0.25, -0.2) is 4.79 Å². The summed E-state index contributed by atoms with van der Waals surface area (Å²) in [7, 11) is 0. The van der Waals surface area contributed by atoms with E-state index in [0.717, 1.165) is 18.1 Å². The molecule has 1 aliphatic heterocycles. The Bertz CT molecular complexity index is 511. The van der Waals surface area contributed by atoms with E-state index in [9.17, 15) is 4.79 Å². The molecule has 0 aromatic heterocycles. The van der Waals surface area contributed by atoms with Crippen molar-refractivity contribution in [2.24, 2.45) is 0 Å². The number of piperazine rings is 1. The molecule has 1 aliphatic rings. The zero-order valence-corrected chi connectivity index (χ0v) is 13.7. The maximum Gasteiger partial charge on any atom is 0.410 e. The number of hydrogen-bond donors (Lipinski definition) is 0. The van der Waals surface area contributed by atoms with Gasteiger partial charge in [-0.3, -0.25) is 4.90 Å². The summed E-state index contributed by atoms with van der Waals surface area (Å²) in [5, 5.41) is 0. The van der Waals surface area contributed by atoms with Crippen molar-refractivity contribution in [1.29, 1.82) is 0 Å². The van der Waals surface area contributed by atoms with Crippen LogP contribution in [0, 0.1) is 0 Å². The number of thiocarbonyl (C=S) groups is 1. The van der Waals surface area contributed by atoms with Crippen LogP contribution in [0.5, 0.6) is 0 Å². The number of nitrogens with zero attached hydrogens (tertiary/aromatic N) is 2. The van der Waals surface area contributed by atoms with Crippen LogP contribution in [0.3, 0.4) is 0 Å². The van der Waals surface area contributed by atoms with Crippen LogP contribution in [0.25, 0.3) is 0 Å². The Balaban J connectivity index is 1.90. The van der Waals surface area contributed by atoms with Crippen LogP contribution >= 0.6 is 12.2 Å². The van der Waals surface area contributed by atoms with Crippen molar-refractivity contribution < 1.29 is 9.53 Å². The number of ether oxygens (including phenoxy) is 1. The third-order valence-corrected chi connectivity index (χ3v) is 3.57. The molecule has 1 heterocycles. The quantitative estimate of drug-likeness (QED) is 0.786. The standard InChI is InChI=1S/C16H22N2O2S/c1-16(2,3)20-15(19)18-10-9-17(14(21)12-18)11-13-7-5-4-6-8-13/h4-8H,9-12H2,1-3H3. The van der Waals surface area contributed by atoms with Gasteiger partial charge in [0.05, 0.1) is 11.5 Å². The van der Waals surface area contributed by atoms with E-state index in [-0.39, 0.29) is 6.09 Å². The van der Waals surface area contributed by atoms with E-state index < -0.39 is 5.60 Å². The Kier molecular flexibility index (Phi) is 4.83. The molecule has 0 radical (unpaired) electrons. The van der Waals surface area contributed by atoms with Gasteiger partial charge >= 0.3 is 6.09 Å². The second-order valence-electron chi connectivity index (χ2n) is 6.20. The van der Waals surface area contributed by atoms with E-state index in [4.69, 9.17) is 17.0 Å². The fourth-order valence-electron chi connectivity index (χ4n) is 2.16. The van der Waals surface area contributed by atoms with Crippen molar-refractivity contribution in [2.75, 3.05) is 19.6 Å². The normalized spacial score (nSPS) is 16.0. The highest BCUT2D eigenvalue weighted by Crippen LogP contribution is 2.14. The monoisotopic (exact) mass is 306 g/mol. The van der Waals surface area contributed by atoms with Crippen molar-refractivity contribution >= 4 is 23.3 Å². The van der Waals surface area contributed by atoms with E-state index >= 15 is 0 Å². The molecule has 4 nitrogen and oxygen atoms in total. The summed E-state index contributed by atoms with van der Waals surface area (Å²) in [6, 6.07) is 10.2. The molecule has 114 valence electrons. The third-order valence-electron chi connectivity index (χ3n) is 3.19. The minimum absolute atomic E-state index is 0.288. The zero-order chi connectivity index (χ0) is 15.5. The number of amides is 1. The highest BCUT2D eigenvalue weighted by Gasteiger charge is 2.28. The summed E-state index contributed by atoms with van der Waals surface area (Å²) in [6.45, 7) is 8.24. The molecule has 2 rings (SSSR count). The van der Waals surface area contributed by atoms with E-state index in [1.165, 1.54) is 5.56 Å². The van der Waals surface area contributed by atoms with Crippen LogP contribution in [-0.4, -0.2) is 46.1 Å². The first-order valence-corrected chi connectivity index (χ1v) is 7.55. The molecule has 21 heavy (non-hydrogen) atoms. The van der Waals surface area contributed by atoms with Crippen LogP contribution in [0.1, 0.15) is 26.3 Å². The SMILES string of the molecule is CC(C)(C)OC(=O)N1CCN(Cc2ccccc2)C(=S)C1. The first-order chi connectivity index (χ1) is 9.85. The molecule has 0 spiro atoms. The Morgan fingerprint density at radius 2 is 1.90 bits per heavy atom. The fraction of sp³-hybridized carbons (Fsp3) is 0.500. The van der Waals surface area contributed by atoms with E-state index in [2.05, 4.69) is 17.0 Å². The topological polar surface area (TPSA) is 32.8 Å². The summed E-state index contributed by atoms with van der Waals surface area (Å²) < 4.78 is 5.39. The molecule has 1 saturated heterocycles. The Morgan fingerprint density at radius 1 is 1.24 bits per heavy atom. The molecule has 0 N–H and O–H groups in total. The van der Waals surface area contributed by atoms with Gasteiger partial charge < -0.3 is 9.64 Å². The first kappa shape index (κ1) is 15.8. The molecule has 0 unspecified atom stereocenters. The van der Waals surface area contributed by atoms with E-state index in [1.54, 1.807) is 4.90 Å². The molecule has 1 aromatic carbocycles. The van der Waals surface area contributed by atoms with Crippen LogP contribution in [-0.2, 0) is 11.3 Å². The molecule has 1 aromatic rings. The van der Waals surface area contributed by atoms with Gasteiger partial charge in [0, 0.05) is 19.6 Å². The van der Waals surface area contributed by atoms with Gasteiger partial charge in [0.2, 0.25) is 0 Å². The largest absolute Gasteiger partial charge is 0.444 e. The average molecular weight is 306 g/mol. The van der Waals surface area contributed by atoms with Crippen molar-refractivity contribution in [3.05, 3.63) is 35.9 Å². The van der Waals surface area contributed by atoms with Gasteiger partial charge in [0.15, 0.2) is 0 Å². The second-order valence-corrected chi connectivity index (χ2v) is 6.67. The Labute approximate surface area is 131 Å². The van der Waals surface area contributed by atoms with E-state index in [0.29, 0.717) is 13.1 Å². The lowest BCUT2D eigenvalue weighted by Gasteiger charge is -2.37. The zero-order valence-electron chi connectivity index (χ0n) is 12.8. The summed E-state index contributed by atoms with van der Waals surface area (Å²) >= 11 is 5.44. The van der Waals surface area contributed by atoms with Gasteiger partial charge in [-0.1, -0.05) is 42.5 Å². The van der Waals surface area contributed by atoms with Crippen LogP contribution in [0.15, 0.2) is 30.3 Å². The Hall–Kier alpha value is -1.62. The van der Waals surface area contributed by atoms with Crippen LogP contribution < -0.4 is 0 Å². The van der Waals surface area contributed by atoms with Crippen LogP contribution in [0.2, 0.25) is 0 Å². The van der Waals surface area contributed by atoms with Crippen molar-refractivity contribution in [3.63, 3.8) is 0 Å². The smallest absolute Gasteiger partial charge is 0.410 e. The summed E-state index contributed by atoms with van der Waals surface area (Å²) in [5.41, 5.74) is 0.755. The van der Waals surface area contributed by atoms with Crippen molar-refractivity contribution in [3.8, 4) is 0 Å². The Morgan fingerprint density at radius 3 is 2.48 bits per heavy atom. The summed E-state index contributed by atoms with van der Waals surface area (Å²) in [4.78, 5) is 16.7. The molecule has 0 bridgehead atoms. The summed E-state index contributed by atoms with van der Waals surface area (Å²) in [5.74, 6) is 0. The second kappa shape index (κ2) is 6.43. The maximum absolute atomic E-state index is 12.0. The van der Waals surface area contributed by atoms with Gasteiger partial charge in [0.25, 0.3) is 0 Å². The lowest BCUT2D eigenvalue weighted by atomic mass is 10.2. The maximum atomic E-state index is 12.0. The predicted octanol–water partition coefficient (Wildman–Crippen LogP) is 3.07. The fourth-order valence-corrected chi connectivity index (χ4v) is 2.47. The van der Waals surface area contributed by atoms with Crippen molar-refractivity contribution in [1.82, 2.24) is 9.80 Å².